The highest BCUT2D eigenvalue weighted by Crippen LogP contribution is 2.32. The third kappa shape index (κ3) is 26.4. The average Bonchev–Trinajstić information content (AvgIpc) is 0.827. The molecule has 19 nitrogen and oxygen atoms in total. The summed E-state index contributed by atoms with van der Waals surface area (Å²) in [5, 5.41) is 19.8. The van der Waals surface area contributed by atoms with Crippen LogP contribution in [0.4, 0.5) is 28.4 Å². The zero-order chi connectivity index (χ0) is 72.2. The summed E-state index contributed by atoms with van der Waals surface area (Å²) in [6.07, 6.45) is 13.5. The molecule has 2 saturated carbocycles. The van der Waals surface area contributed by atoms with E-state index in [1.54, 1.807) is 24.3 Å². The summed E-state index contributed by atoms with van der Waals surface area (Å²) in [7, 11) is -8.75. The van der Waals surface area contributed by atoms with Crippen molar-refractivity contribution in [1.82, 2.24) is 9.80 Å². The fraction of sp³-hybridized carbons (Fsp3) is 0.359. The Bertz CT molecular complexity index is 4160. The van der Waals surface area contributed by atoms with Crippen LogP contribution < -0.4 is 33.2 Å². The van der Waals surface area contributed by atoms with Crippen molar-refractivity contribution in [3.63, 3.8) is 0 Å². The van der Waals surface area contributed by atoms with E-state index in [-0.39, 0.29) is 46.6 Å². The maximum absolute atomic E-state index is 12.9. The molecule has 2 aliphatic heterocycles. The van der Waals surface area contributed by atoms with Gasteiger partial charge in [-0.1, -0.05) is 124 Å². The second kappa shape index (κ2) is 38.7. The quantitative estimate of drug-likeness (QED) is 0.0370. The van der Waals surface area contributed by atoms with Crippen molar-refractivity contribution in [2.24, 2.45) is 17.6 Å². The predicted octanol–water partition coefficient (Wildman–Crippen LogP) is 12.6. The maximum Gasteiger partial charge on any atom is 0.335 e. The summed E-state index contributed by atoms with van der Waals surface area (Å²) in [4.78, 5) is 53.5. The molecule has 2 aliphatic carbocycles. The first-order valence-electron chi connectivity index (χ1n) is 34.2. The van der Waals surface area contributed by atoms with Crippen LogP contribution in [-0.4, -0.2) is 133 Å². The lowest BCUT2D eigenvalue weighted by Gasteiger charge is -2.26. The molecule has 0 aromatic heterocycles. The van der Waals surface area contributed by atoms with Crippen molar-refractivity contribution < 1.29 is 49.5 Å². The van der Waals surface area contributed by atoms with Gasteiger partial charge in [0.25, 0.3) is 5.91 Å². The number of amides is 3. The molecule has 2 saturated heterocycles. The predicted molar refractivity (Wildman–Crippen MR) is 406 cm³/mol. The number of anilines is 5. The number of nitrogen functional groups attached to an aromatic ring is 2. The Labute approximate surface area is 591 Å². The summed E-state index contributed by atoms with van der Waals surface area (Å²) in [6.45, 7) is 15.1. The van der Waals surface area contributed by atoms with Crippen LogP contribution >= 0.6 is 0 Å². The summed E-state index contributed by atoms with van der Waals surface area (Å²) < 4.78 is 66.0. The van der Waals surface area contributed by atoms with Gasteiger partial charge in [0.2, 0.25) is 11.8 Å². The first kappa shape index (κ1) is 78.6. The third-order valence-electron chi connectivity index (χ3n) is 18.2. The van der Waals surface area contributed by atoms with E-state index in [4.69, 9.17) is 22.3 Å². The van der Waals surface area contributed by atoms with Crippen LogP contribution in [0.25, 0.3) is 22.3 Å². The molecule has 0 radical (unpaired) electrons. The first-order chi connectivity index (χ1) is 47.8. The molecule has 0 spiro atoms. The van der Waals surface area contributed by atoms with Gasteiger partial charge in [-0.2, -0.15) is 0 Å². The largest absolute Gasteiger partial charge is 0.478 e. The number of carbonyl (C=O) groups is 4. The molecule has 0 atom stereocenters. The minimum absolute atomic E-state index is 0.102. The van der Waals surface area contributed by atoms with E-state index in [0.717, 1.165) is 162 Å². The number of aromatic carboxylic acids is 1. The summed E-state index contributed by atoms with van der Waals surface area (Å²) >= 11 is 0. The highest BCUT2D eigenvalue weighted by Gasteiger charge is 2.25. The van der Waals surface area contributed by atoms with Crippen molar-refractivity contribution in [2.45, 2.75) is 97.3 Å². The fourth-order valence-corrected chi connectivity index (χ4v) is 14.6. The Morgan fingerprint density at radius 1 is 0.490 bits per heavy atom. The topological polar surface area (TPSA) is 312 Å². The number of carboxylic acids is 1. The lowest BCUT2D eigenvalue weighted by atomic mass is 9.88. The smallest absolute Gasteiger partial charge is 0.335 e. The number of nitrogens with one attached hydrogen (secondary N) is 3. The Kier molecular flexibility index (Phi) is 30.4. The molecule has 10 N–H and O–H groups in total. The molecule has 3 amide bonds. The number of carboxylic acid groups (broad SMARTS) is 1. The number of nitrogens with zero attached hydrogens (tertiary/aromatic N) is 2. The van der Waals surface area contributed by atoms with Gasteiger partial charge in [-0.15, -0.1) is 0 Å². The molecular weight excluding hydrogens is 1320 g/mol. The number of sulfone groups is 3. The zero-order valence-electron chi connectivity index (χ0n) is 57.6. The fourth-order valence-electron chi connectivity index (χ4n) is 11.9. The normalized spacial score (nSPS) is 16.1. The highest BCUT2D eigenvalue weighted by atomic mass is 32.2. The van der Waals surface area contributed by atoms with Crippen molar-refractivity contribution in [2.75, 3.05) is 96.2 Å². The molecule has 7 aromatic rings. The van der Waals surface area contributed by atoms with Gasteiger partial charge in [-0.25, -0.2) is 30.0 Å². The lowest BCUT2D eigenvalue weighted by Crippen LogP contribution is -2.41. The van der Waals surface area contributed by atoms with Gasteiger partial charge in [-0.05, 0) is 200 Å². The zero-order valence-corrected chi connectivity index (χ0v) is 60.0. The Morgan fingerprint density at radius 3 is 1.19 bits per heavy atom. The van der Waals surface area contributed by atoms with Gasteiger partial charge in [0.1, 0.15) is 0 Å². The SMILES string of the molecule is C=CS(=O)(=O)C=C.Cc1ccc(NC(=O)C2CCCCC2)cc1-c1ccc(C(=O)Nc2ccc(CCN3CCS(=O)(=O)CC3)cc2)cc1.Cc1ccc(NC(=O)C2CCCCC2)cc1-c1ccc(C(=O)O)cc1.NCCc1ccc(N)cc1.Nc1ccc(CCN2CCS(=O)(=O)CC2)cc1. The maximum atomic E-state index is 12.9. The second-order valence-corrected chi connectivity index (χ2v) is 32.2. The van der Waals surface area contributed by atoms with Crippen molar-refractivity contribution in [1.29, 1.82) is 0 Å². The molecule has 22 heteroatoms. The summed E-state index contributed by atoms with van der Waals surface area (Å²) in [6, 6.07) is 49.6. The van der Waals surface area contributed by atoms with Crippen LogP contribution in [0.1, 0.15) is 113 Å². The second-order valence-electron chi connectivity index (χ2n) is 25.7. The average molecular weight is 1420 g/mol. The number of carbonyl (C=O) groups excluding carboxylic acids is 3. The van der Waals surface area contributed by atoms with Crippen molar-refractivity contribution in [3.05, 3.63) is 221 Å². The van der Waals surface area contributed by atoms with E-state index >= 15 is 0 Å². The van der Waals surface area contributed by atoms with E-state index in [1.807, 2.05) is 147 Å². The minimum Gasteiger partial charge on any atom is -0.478 e. The van der Waals surface area contributed by atoms with E-state index in [1.165, 1.54) is 24.0 Å². The van der Waals surface area contributed by atoms with Gasteiger partial charge in [0.15, 0.2) is 29.5 Å². The number of hydrogen-bond donors (Lipinski definition) is 7. The molecular formula is C78H98N8O11S3. The van der Waals surface area contributed by atoms with Gasteiger partial charge in [0.05, 0.1) is 28.6 Å². The van der Waals surface area contributed by atoms with E-state index in [2.05, 4.69) is 38.9 Å². The number of hydrogen-bond acceptors (Lipinski definition) is 15. The van der Waals surface area contributed by atoms with E-state index in [9.17, 15) is 44.4 Å². The van der Waals surface area contributed by atoms with Gasteiger partial charge in [-0.3, -0.25) is 14.4 Å². The molecule has 11 rings (SSSR count). The van der Waals surface area contributed by atoms with Crippen LogP contribution in [0.2, 0.25) is 0 Å². The third-order valence-corrected chi connectivity index (χ3v) is 22.4. The highest BCUT2D eigenvalue weighted by molar-refractivity contribution is 7.97. The summed E-state index contributed by atoms with van der Waals surface area (Å²) in [5.41, 5.74) is 31.0. The minimum atomic E-state index is -3.13. The van der Waals surface area contributed by atoms with E-state index < -0.39 is 35.5 Å². The van der Waals surface area contributed by atoms with Gasteiger partial charge < -0.3 is 48.1 Å². The van der Waals surface area contributed by atoms with Gasteiger partial charge in [0, 0.05) is 95.9 Å². The summed E-state index contributed by atoms with van der Waals surface area (Å²) in [5.74, 6) is 0.408. The molecule has 100 heavy (non-hydrogen) atoms. The molecule has 534 valence electrons. The van der Waals surface area contributed by atoms with E-state index in [0.29, 0.717) is 49.8 Å². The molecule has 0 unspecified atom stereocenters. The first-order valence-corrected chi connectivity index (χ1v) is 39.5. The standard InChI is InChI=1S/C33H39N3O4S.C21H23NO3.C12H18N2O2S.C8H12N2.C4H6O2S/c1-24-7-14-30(35-32(37)27-5-3-2-4-6-27)23-31(24)26-10-12-28(13-11-26)33(38)34-29-15-8-25(9-16-29)17-18-36-19-21-41(39,40)22-20-36;1-14-7-12-18(22-20(23)16-5-3-2-4-6-16)13-19(14)15-8-10-17(11-9-15)21(24)25;13-12-3-1-11(2-4-12)5-6-14-7-9-17(15,16)10-8-14;9-6-5-7-1-3-8(10)4-2-7;1-3-7(5,6)4-2/h7-16,23,27H,2-6,17-22H2,1H3,(H,34,38)(H,35,37);7-13,16H,2-6H2,1H3,(H,22,23)(H,24,25);1-4H,5-10,13H2;1-4H,5-6,9-10H2;3-4H,1-2H2. The Balaban J connectivity index is 0.000000201. The van der Waals surface area contributed by atoms with Crippen molar-refractivity contribution >= 4 is 81.6 Å². The number of nitrogens with two attached hydrogens (primary N) is 3. The lowest BCUT2D eigenvalue weighted by molar-refractivity contribution is -0.121. The molecule has 4 aliphatic rings. The van der Waals surface area contributed by atoms with Gasteiger partial charge >= 0.3 is 5.97 Å². The Hall–Kier alpha value is -8.77. The molecule has 7 aromatic carbocycles. The number of benzene rings is 7. The van der Waals surface area contributed by atoms with Crippen LogP contribution in [0, 0.1) is 25.7 Å². The molecule has 0 bridgehead atoms. The number of rotatable bonds is 19. The van der Waals surface area contributed by atoms with Crippen LogP contribution in [-0.2, 0) is 58.4 Å². The molecule has 4 fully saturated rings. The van der Waals surface area contributed by atoms with Crippen LogP contribution in [0.15, 0.2) is 182 Å². The monoisotopic (exact) mass is 1420 g/mol. The van der Waals surface area contributed by atoms with Crippen molar-refractivity contribution in [3.8, 4) is 22.3 Å². The van der Waals surface area contributed by atoms with Crippen LogP contribution in [0.3, 0.4) is 0 Å². The van der Waals surface area contributed by atoms with Crippen LogP contribution in [0.5, 0.6) is 0 Å². The number of aryl methyl sites for hydroxylation is 2. The Morgan fingerprint density at radius 2 is 0.840 bits per heavy atom. The molecule has 2 heterocycles.